The second kappa shape index (κ2) is 8.84. The zero-order valence-electron chi connectivity index (χ0n) is 15.7. The minimum Gasteiger partial charge on any atom is -0.508 e. The van der Waals surface area contributed by atoms with Gasteiger partial charge in [-0.1, -0.05) is 12.1 Å². The van der Waals surface area contributed by atoms with Gasteiger partial charge in [0.2, 0.25) is 0 Å². The summed E-state index contributed by atoms with van der Waals surface area (Å²) in [6.45, 7) is 0.135. The van der Waals surface area contributed by atoms with Crippen LogP contribution in [0.3, 0.4) is 0 Å². The number of amides is 1. The number of aromatic hydroxyl groups is 1. The SMILES string of the molecule is CSc1ccc(CN(C)C(=O)COC(=O)Cc2coc3cc(O)ccc23)cc1. The predicted octanol–water partition coefficient (Wildman–Crippen LogP) is 3.60. The van der Waals surface area contributed by atoms with Crippen molar-refractivity contribution in [3.05, 3.63) is 59.9 Å². The number of hydrogen-bond donors (Lipinski definition) is 1. The van der Waals surface area contributed by atoms with Crippen molar-refractivity contribution in [3.63, 3.8) is 0 Å². The van der Waals surface area contributed by atoms with Crippen molar-refractivity contribution in [2.24, 2.45) is 0 Å². The number of phenols is 1. The number of hydrogen-bond acceptors (Lipinski definition) is 6. The van der Waals surface area contributed by atoms with Crippen LogP contribution >= 0.6 is 11.8 Å². The summed E-state index contributed by atoms with van der Waals surface area (Å²) >= 11 is 1.66. The van der Waals surface area contributed by atoms with E-state index in [0.717, 1.165) is 15.8 Å². The quantitative estimate of drug-likeness (QED) is 0.483. The fraction of sp³-hybridized carbons (Fsp3) is 0.238. The molecule has 1 heterocycles. The molecule has 0 fully saturated rings. The van der Waals surface area contributed by atoms with Crippen LogP contribution in [0.1, 0.15) is 11.1 Å². The number of esters is 1. The van der Waals surface area contributed by atoms with Crippen LogP contribution in [0.5, 0.6) is 5.75 Å². The lowest BCUT2D eigenvalue weighted by molar-refractivity contribution is -0.151. The second-order valence-corrected chi connectivity index (χ2v) is 7.26. The van der Waals surface area contributed by atoms with Crippen molar-refractivity contribution >= 4 is 34.6 Å². The maximum Gasteiger partial charge on any atom is 0.310 e. The minimum absolute atomic E-state index is 0.00901. The highest BCUT2D eigenvalue weighted by Crippen LogP contribution is 2.25. The largest absolute Gasteiger partial charge is 0.508 e. The van der Waals surface area contributed by atoms with Crippen LogP contribution in [0.2, 0.25) is 0 Å². The van der Waals surface area contributed by atoms with E-state index in [1.807, 2.05) is 30.5 Å². The van der Waals surface area contributed by atoms with Gasteiger partial charge in [0.25, 0.3) is 5.91 Å². The van der Waals surface area contributed by atoms with Crippen molar-refractivity contribution in [2.75, 3.05) is 19.9 Å². The van der Waals surface area contributed by atoms with Gasteiger partial charge in [0.15, 0.2) is 6.61 Å². The third-order valence-corrected chi connectivity index (χ3v) is 5.08. The Balaban J connectivity index is 1.50. The molecule has 0 aliphatic heterocycles. The number of fused-ring (bicyclic) bond motifs is 1. The highest BCUT2D eigenvalue weighted by Gasteiger charge is 2.15. The molecule has 0 bridgehead atoms. The van der Waals surface area contributed by atoms with Gasteiger partial charge in [0.05, 0.1) is 12.7 Å². The topological polar surface area (TPSA) is 80.0 Å². The van der Waals surface area contributed by atoms with Crippen LogP contribution in [0.4, 0.5) is 0 Å². The Hall–Kier alpha value is -2.93. The summed E-state index contributed by atoms with van der Waals surface area (Å²) in [4.78, 5) is 27.0. The van der Waals surface area contributed by atoms with Crippen molar-refractivity contribution in [2.45, 2.75) is 17.9 Å². The average Bonchev–Trinajstić information content (AvgIpc) is 3.08. The molecule has 2 aromatic carbocycles. The summed E-state index contributed by atoms with van der Waals surface area (Å²) in [5.41, 5.74) is 2.15. The van der Waals surface area contributed by atoms with Crippen molar-refractivity contribution < 1.29 is 23.8 Å². The lowest BCUT2D eigenvalue weighted by Crippen LogP contribution is -2.31. The monoisotopic (exact) mass is 399 g/mol. The van der Waals surface area contributed by atoms with Crippen LogP contribution in [0.15, 0.2) is 58.0 Å². The molecule has 7 heteroatoms. The zero-order chi connectivity index (χ0) is 20.1. The van der Waals surface area contributed by atoms with E-state index in [0.29, 0.717) is 17.7 Å². The maximum atomic E-state index is 12.2. The van der Waals surface area contributed by atoms with Gasteiger partial charge >= 0.3 is 5.97 Å². The number of benzene rings is 2. The molecular formula is C21H21NO5S. The number of carbonyl (C=O) groups is 2. The number of carbonyl (C=O) groups excluding carboxylic acids is 2. The molecule has 0 spiro atoms. The van der Waals surface area contributed by atoms with E-state index in [2.05, 4.69) is 0 Å². The van der Waals surface area contributed by atoms with Gasteiger partial charge < -0.3 is 19.2 Å². The lowest BCUT2D eigenvalue weighted by Gasteiger charge is -2.17. The van der Waals surface area contributed by atoms with Crippen molar-refractivity contribution in [1.29, 1.82) is 0 Å². The van der Waals surface area contributed by atoms with Crippen molar-refractivity contribution in [1.82, 2.24) is 4.90 Å². The van der Waals surface area contributed by atoms with Gasteiger partial charge in [-0.3, -0.25) is 9.59 Å². The van der Waals surface area contributed by atoms with E-state index in [1.54, 1.807) is 24.9 Å². The summed E-state index contributed by atoms with van der Waals surface area (Å²) in [6.07, 6.45) is 3.46. The molecule has 1 amide bonds. The Bertz CT molecular complexity index is 980. The summed E-state index contributed by atoms with van der Waals surface area (Å²) in [5, 5.41) is 10.2. The summed E-state index contributed by atoms with van der Waals surface area (Å²) in [7, 11) is 1.68. The molecule has 0 radical (unpaired) electrons. The van der Waals surface area contributed by atoms with Gasteiger partial charge in [-0.2, -0.15) is 0 Å². The number of nitrogens with zero attached hydrogens (tertiary/aromatic N) is 1. The van der Waals surface area contributed by atoms with E-state index >= 15 is 0 Å². The fourth-order valence-corrected chi connectivity index (χ4v) is 3.17. The number of likely N-dealkylation sites (N-methyl/N-ethyl adjacent to an activating group) is 1. The van der Waals surface area contributed by atoms with Crippen LogP contribution in [-0.2, 0) is 27.3 Å². The maximum absolute atomic E-state index is 12.2. The van der Waals surface area contributed by atoms with E-state index in [-0.39, 0.29) is 24.7 Å². The van der Waals surface area contributed by atoms with Crippen LogP contribution in [0.25, 0.3) is 11.0 Å². The Kier molecular flexibility index (Phi) is 6.26. The average molecular weight is 399 g/mol. The molecule has 0 aliphatic carbocycles. The smallest absolute Gasteiger partial charge is 0.310 e. The van der Waals surface area contributed by atoms with E-state index in [1.165, 1.54) is 23.3 Å². The van der Waals surface area contributed by atoms with Gasteiger partial charge in [0, 0.05) is 35.5 Å². The number of rotatable bonds is 7. The van der Waals surface area contributed by atoms with E-state index in [4.69, 9.17) is 9.15 Å². The molecule has 1 aromatic heterocycles. The van der Waals surface area contributed by atoms with Gasteiger partial charge in [0.1, 0.15) is 11.3 Å². The normalized spacial score (nSPS) is 10.8. The van der Waals surface area contributed by atoms with E-state index < -0.39 is 5.97 Å². The molecule has 0 saturated heterocycles. The molecular weight excluding hydrogens is 378 g/mol. The molecule has 146 valence electrons. The molecule has 0 saturated carbocycles. The summed E-state index contributed by atoms with van der Waals surface area (Å²) < 4.78 is 10.5. The van der Waals surface area contributed by atoms with Gasteiger partial charge in [-0.15, -0.1) is 11.8 Å². The molecule has 0 atom stereocenters. The van der Waals surface area contributed by atoms with Crippen LogP contribution in [0, 0.1) is 0 Å². The number of thioether (sulfide) groups is 1. The Morgan fingerprint density at radius 3 is 2.64 bits per heavy atom. The molecule has 3 aromatic rings. The Morgan fingerprint density at radius 2 is 1.93 bits per heavy atom. The first-order valence-corrected chi connectivity index (χ1v) is 9.90. The van der Waals surface area contributed by atoms with Crippen molar-refractivity contribution in [3.8, 4) is 5.75 Å². The molecule has 0 aliphatic rings. The Labute approximate surface area is 167 Å². The highest BCUT2D eigenvalue weighted by molar-refractivity contribution is 7.98. The zero-order valence-corrected chi connectivity index (χ0v) is 16.5. The van der Waals surface area contributed by atoms with Gasteiger partial charge in [-0.05, 0) is 36.1 Å². The third-order valence-electron chi connectivity index (χ3n) is 4.34. The molecule has 6 nitrogen and oxygen atoms in total. The van der Waals surface area contributed by atoms with Crippen LogP contribution in [-0.4, -0.2) is 41.8 Å². The van der Waals surface area contributed by atoms with Crippen LogP contribution < -0.4 is 0 Å². The lowest BCUT2D eigenvalue weighted by atomic mass is 10.1. The summed E-state index contributed by atoms with van der Waals surface area (Å²) in [6, 6.07) is 12.6. The molecule has 1 N–H and O–H groups in total. The van der Waals surface area contributed by atoms with E-state index in [9.17, 15) is 14.7 Å². The predicted molar refractivity (Wildman–Crippen MR) is 107 cm³/mol. The third kappa shape index (κ3) is 4.86. The van der Waals surface area contributed by atoms with Gasteiger partial charge in [-0.25, -0.2) is 0 Å². The number of phenolic OH excluding ortho intramolecular Hbond substituents is 1. The molecule has 28 heavy (non-hydrogen) atoms. The first kappa shape index (κ1) is 19.8. The Morgan fingerprint density at radius 1 is 1.18 bits per heavy atom. The first-order chi connectivity index (χ1) is 13.5. The fourth-order valence-electron chi connectivity index (χ4n) is 2.76. The minimum atomic E-state index is -0.512. The molecule has 0 unspecified atom stereocenters. The number of furan rings is 1. The summed E-state index contributed by atoms with van der Waals surface area (Å²) in [5.74, 6) is -0.696. The highest BCUT2D eigenvalue weighted by atomic mass is 32.2. The molecule has 3 rings (SSSR count). The first-order valence-electron chi connectivity index (χ1n) is 8.68. The second-order valence-electron chi connectivity index (χ2n) is 6.38. The number of ether oxygens (including phenoxy) is 1. The standard InChI is InChI=1S/C21H21NO5S/c1-22(11-14-3-6-17(28-2)7-4-14)20(24)13-27-21(25)9-15-12-26-19-10-16(23)5-8-18(15)19/h3-8,10,12,23H,9,11,13H2,1-2H3.